The largest absolute Gasteiger partial charge is 0.508 e. The molecule has 1 atom stereocenters. The number of aliphatic hydroxyl groups is 1. The van der Waals surface area contributed by atoms with Crippen LogP contribution < -0.4 is 4.74 Å². The Morgan fingerprint density at radius 2 is 2.23 bits per heavy atom. The van der Waals surface area contributed by atoms with Crippen LogP contribution in [-0.4, -0.2) is 22.9 Å². The molecular formula is C10H14O3. The molecule has 3 heteroatoms. The van der Waals surface area contributed by atoms with E-state index >= 15 is 0 Å². The van der Waals surface area contributed by atoms with Crippen molar-refractivity contribution in [3.8, 4) is 11.5 Å². The van der Waals surface area contributed by atoms with E-state index in [2.05, 4.69) is 0 Å². The quantitative estimate of drug-likeness (QED) is 0.742. The summed E-state index contributed by atoms with van der Waals surface area (Å²) in [6.07, 6.45) is 0.558. The fraction of sp³-hybridized carbons (Fsp3) is 0.400. The average Bonchev–Trinajstić information content (AvgIpc) is 2.04. The van der Waals surface area contributed by atoms with Gasteiger partial charge in [0.05, 0.1) is 6.10 Å². The van der Waals surface area contributed by atoms with Gasteiger partial charge in [0.25, 0.3) is 0 Å². The van der Waals surface area contributed by atoms with Crippen molar-refractivity contribution in [1.82, 2.24) is 0 Å². The van der Waals surface area contributed by atoms with E-state index in [-0.39, 0.29) is 18.5 Å². The molecule has 13 heavy (non-hydrogen) atoms. The first-order chi connectivity index (χ1) is 6.22. The Balaban J connectivity index is 2.53. The van der Waals surface area contributed by atoms with Crippen LogP contribution >= 0.6 is 0 Å². The molecule has 1 rings (SSSR count). The van der Waals surface area contributed by atoms with Gasteiger partial charge in [0.1, 0.15) is 11.5 Å². The van der Waals surface area contributed by atoms with Gasteiger partial charge < -0.3 is 14.9 Å². The Morgan fingerprint density at radius 1 is 1.46 bits per heavy atom. The van der Waals surface area contributed by atoms with Crippen molar-refractivity contribution in [1.29, 1.82) is 0 Å². The summed E-state index contributed by atoms with van der Waals surface area (Å²) in [6.45, 7) is 1.99. The summed E-state index contributed by atoms with van der Waals surface area (Å²) in [5.74, 6) is 0.814. The molecule has 0 saturated carbocycles. The summed E-state index contributed by atoms with van der Waals surface area (Å²) in [7, 11) is 0. The van der Waals surface area contributed by atoms with Gasteiger partial charge in [0.15, 0.2) is 0 Å². The Labute approximate surface area is 77.6 Å². The lowest BCUT2D eigenvalue weighted by atomic mass is 10.3. The minimum atomic E-state index is -0.0354. The third-order valence-corrected chi connectivity index (χ3v) is 1.69. The van der Waals surface area contributed by atoms with Gasteiger partial charge in [-0.25, -0.2) is 0 Å². The molecule has 0 aliphatic rings. The van der Waals surface area contributed by atoms with Gasteiger partial charge in [-0.05, 0) is 19.1 Å². The molecule has 0 bridgehead atoms. The lowest BCUT2D eigenvalue weighted by Crippen LogP contribution is -2.13. The zero-order chi connectivity index (χ0) is 9.68. The maximum absolute atomic E-state index is 9.13. The van der Waals surface area contributed by atoms with E-state index in [1.165, 1.54) is 0 Å². The van der Waals surface area contributed by atoms with E-state index < -0.39 is 0 Å². The number of hydrogen-bond donors (Lipinski definition) is 2. The van der Waals surface area contributed by atoms with Crippen molar-refractivity contribution in [2.24, 2.45) is 0 Å². The van der Waals surface area contributed by atoms with Crippen LogP contribution in [0.5, 0.6) is 11.5 Å². The number of phenolic OH excluding ortho intramolecular Hbond substituents is 1. The van der Waals surface area contributed by atoms with E-state index in [9.17, 15) is 0 Å². The van der Waals surface area contributed by atoms with E-state index in [1.807, 2.05) is 6.92 Å². The molecule has 0 radical (unpaired) electrons. The van der Waals surface area contributed by atoms with Crippen LogP contribution in [0.4, 0.5) is 0 Å². The maximum Gasteiger partial charge on any atom is 0.123 e. The molecule has 2 N–H and O–H groups in total. The van der Waals surface area contributed by atoms with Gasteiger partial charge >= 0.3 is 0 Å². The molecule has 0 fully saturated rings. The fourth-order valence-electron chi connectivity index (χ4n) is 1.03. The highest BCUT2D eigenvalue weighted by Crippen LogP contribution is 2.19. The normalized spacial score (nSPS) is 12.5. The van der Waals surface area contributed by atoms with Crippen molar-refractivity contribution < 1.29 is 14.9 Å². The van der Waals surface area contributed by atoms with Crippen molar-refractivity contribution >= 4 is 0 Å². The number of benzene rings is 1. The number of phenols is 1. The zero-order valence-corrected chi connectivity index (χ0v) is 7.60. The molecule has 0 aromatic heterocycles. The van der Waals surface area contributed by atoms with Crippen molar-refractivity contribution in [3.05, 3.63) is 24.3 Å². The summed E-state index contributed by atoms with van der Waals surface area (Å²) < 4.78 is 5.42. The monoisotopic (exact) mass is 182 g/mol. The molecule has 0 heterocycles. The standard InChI is InChI=1S/C10H14O3/c1-8(5-6-11)13-10-4-2-3-9(12)7-10/h2-4,7-8,11-12H,5-6H2,1H3. The van der Waals surface area contributed by atoms with Crippen molar-refractivity contribution in [2.45, 2.75) is 19.4 Å². The number of aliphatic hydroxyl groups excluding tert-OH is 1. The summed E-state index contributed by atoms with van der Waals surface area (Å²) in [5, 5.41) is 17.8. The number of hydrogen-bond acceptors (Lipinski definition) is 3. The predicted octanol–water partition coefficient (Wildman–Crippen LogP) is 1.54. The maximum atomic E-state index is 9.13. The Morgan fingerprint density at radius 3 is 2.85 bits per heavy atom. The topological polar surface area (TPSA) is 49.7 Å². The molecule has 0 aliphatic carbocycles. The van der Waals surface area contributed by atoms with E-state index in [0.29, 0.717) is 12.2 Å². The fourth-order valence-corrected chi connectivity index (χ4v) is 1.03. The second kappa shape index (κ2) is 4.72. The summed E-state index contributed by atoms with van der Waals surface area (Å²) in [4.78, 5) is 0. The Hall–Kier alpha value is -1.22. The second-order valence-electron chi connectivity index (χ2n) is 2.94. The first kappa shape index (κ1) is 9.86. The van der Waals surface area contributed by atoms with Gasteiger partial charge in [-0.3, -0.25) is 0 Å². The minimum Gasteiger partial charge on any atom is -0.508 e. The SMILES string of the molecule is CC(CCO)Oc1cccc(O)c1. The highest BCUT2D eigenvalue weighted by Gasteiger charge is 2.02. The summed E-state index contributed by atoms with van der Waals surface area (Å²) >= 11 is 0. The van der Waals surface area contributed by atoms with Crippen LogP contribution in [0.25, 0.3) is 0 Å². The zero-order valence-electron chi connectivity index (χ0n) is 7.60. The van der Waals surface area contributed by atoms with Crippen LogP contribution in [0, 0.1) is 0 Å². The average molecular weight is 182 g/mol. The minimum absolute atomic E-state index is 0.0354. The number of ether oxygens (including phenoxy) is 1. The van der Waals surface area contributed by atoms with Crippen LogP contribution in [0.1, 0.15) is 13.3 Å². The Bertz CT molecular complexity index is 260. The molecule has 0 saturated heterocycles. The number of aromatic hydroxyl groups is 1. The molecular weight excluding hydrogens is 168 g/mol. The van der Waals surface area contributed by atoms with Crippen molar-refractivity contribution in [3.63, 3.8) is 0 Å². The smallest absolute Gasteiger partial charge is 0.123 e. The van der Waals surface area contributed by atoms with Crippen LogP contribution in [0.15, 0.2) is 24.3 Å². The molecule has 0 spiro atoms. The van der Waals surface area contributed by atoms with E-state index in [0.717, 1.165) is 0 Å². The molecule has 1 unspecified atom stereocenters. The van der Waals surface area contributed by atoms with Gasteiger partial charge in [-0.1, -0.05) is 6.07 Å². The van der Waals surface area contributed by atoms with Gasteiger partial charge in [-0.2, -0.15) is 0 Å². The number of rotatable bonds is 4. The first-order valence-corrected chi connectivity index (χ1v) is 4.29. The van der Waals surface area contributed by atoms with E-state index in [1.54, 1.807) is 24.3 Å². The molecule has 0 amide bonds. The third-order valence-electron chi connectivity index (χ3n) is 1.69. The highest BCUT2D eigenvalue weighted by molar-refractivity contribution is 5.31. The summed E-state index contributed by atoms with van der Waals surface area (Å²) in [6, 6.07) is 6.63. The first-order valence-electron chi connectivity index (χ1n) is 4.29. The highest BCUT2D eigenvalue weighted by atomic mass is 16.5. The van der Waals surface area contributed by atoms with Crippen LogP contribution in [0.3, 0.4) is 0 Å². The summed E-state index contributed by atoms with van der Waals surface area (Å²) in [5.41, 5.74) is 0. The van der Waals surface area contributed by atoms with Gasteiger partial charge in [-0.15, -0.1) is 0 Å². The molecule has 1 aromatic carbocycles. The van der Waals surface area contributed by atoms with Crippen molar-refractivity contribution in [2.75, 3.05) is 6.61 Å². The van der Waals surface area contributed by atoms with Crippen LogP contribution in [0.2, 0.25) is 0 Å². The van der Waals surface area contributed by atoms with Gasteiger partial charge in [0, 0.05) is 19.1 Å². The lowest BCUT2D eigenvalue weighted by Gasteiger charge is -2.13. The second-order valence-corrected chi connectivity index (χ2v) is 2.94. The molecule has 1 aromatic rings. The molecule has 3 nitrogen and oxygen atoms in total. The molecule has 0 aliphatic heterocycles. The Kier molecular flexibility index (Phi) is 3.58. The predicted molar refractivity (Wildman–Crippen MR) is 49.9 cm³/mol. The van der Waals surface area contributed by atoms with Crippen LogP contribution in [-0.2, 0) is 0 Å². The van der Waals surface area contributed by atoms with Gasteiger partial charge in [0.2, 0.25) is 0 Å². The third kappa shape index (κ3) is 3.34. The van der Waals surface area contributed by atoms with E-state index in [4.69, 9.17) is 14.9 Å². The molecule has 72 valence electrons. The lowest BCUT2D eigenvalue weighted by molar-refractivity contribution is 0.168.